The molecule has 0 saturated carbocycles. The van der Waals surface area contributed by atoms with Crippen LogP contribution in [0.2, 0.25) is 5.02 Å². The Balaban J connectivity index is 2.07. The monoisotopic (exact) mass is 400 g/mol. The SMILES string of the molecule is NC(=O)[C@@H](Cc1ccc(Cl)cc1)NC(=O)[C@H](O)c1ccc(C(F)(F)F)cc1. The van der Waals surface area contributed by atoms with Crippen LogP contribution >= 0.6 is 11.6 Å². The van der Waals surface area contributed by atoms with Crippen LogP contribution in [0.3, 0.4) is 0 Å². The van der Waals surface area contributed by atoms with Gasteiger partial charge in [-0.25, -0.2) is 0 Å². The molecule has 2 aromatic rings. The fourth-order valence-electron chi connectivity index (χ4n) is 2.34. The standard InChI is InChI=1S/C18H16ClF3N2O3/c19-13-7-1-10(2-8-13)9-14(16(23)26)24-17(27)15(25)11-3-5-12(6-4-11)18(20,21)22/h1-8,14-15,25H,9H2,(H2,23,26)(H,24,27)/t14-,15-/m1/s1. The maximum absolute atomic E-state index is 12.6. The molecule has 0 spiro atoms. The third-order valence-corrected chi connectivity index (χ3v) is 4.07. The molecule has 4 N–H and O–H groups in total. The van der Waals surface area contributed by atoms with Gasteiger partial charge in [0.2, 0.25) is 5.91 Å². The number of amides is 2. The molecular formula is C18H16ClF3N2O3. The van der Waals surface area contributed by atoms with Crippen molar-refractivity contribution in [2.75, 3.05) is 0 Å². The van der Waals surface area contributed by atoms with Gasteiger partial charge in [-0.1, -0.05) is 35.9 Å². The van der Waals surface area contributed by atoms with Gasteiger partial charge in [0.25, 0.3) is 5.91 Å². The van der Waals surface area contributed by atoms with E-state index < -0.39 is 35.7 Å². The molecule has 0 heterocycles. The van der Waals surface area contributed by atoms with E-state index in [0.29, 0.717) is 10.6 Å². The number of nitrogens with two attached hydrogens (primary N) is 1. The number of hydrogen-bond acceptors (Lipinski definition) is 3. The molecule has 0 fully saturated rings. The number of nitrogens with one attached hydrogen (secondary N) is 1. The highest BCUT2D eigenvalue weighted by Gasteiger charge is 2.31. The number of halogens is 4. The molecule has 0 unspecified atom stereocenters. The summed E-state index contributed by atoms with van der Waals surface area (Å²) in [4.78, 5) is 23.8. The number of rotatable bonds is 6. The van der Waals surface area contributed by atoms with E-state index in [9.17, 15) is 27.9 Å². The van der Waals surface area contributed by atoms with Crippen molar-refractivity contribution in [3.63, 3.8) is 0 Å². The predicted octanol–water partition coefficient (Wildman–Crippen LogP) is 2.61. The zero-order valence-corrected chi connectivity index (χ0v) is 14.6. The maximum Gasteiger partial charge on any atom is 0.416 e. The minimum Gasteiger partial charge on any atom is -0.378 e. The van der Waals surface area contributed by atoms with Gasteiger partial charge in [0.05, 0.1) is 5.56 Å². The number of benzene rings is 2. The molecule has 27 heavy (non-hydrogen) atoms. The minimum absolute atomic E-state index is 0.0461. The normalized spacial score (nSPS) is 13.7. The second-order valence-corrected chi connectivity index (χ2v) is 6.25. The number of primary amides is 1. The molecular weight excluding hydrogens is 385 g/mol. The largest absolute Gasteiger partial charge is 0.416 e. The van der Waals surface area contributed by atoms with Gasteiger partial charge < -0.3 is 16.2 Å². The number of aliphatic hydroxyl groups excluding tert-OH is 1. The summed E-state index contributed by atoms with van der Waals surface area (Å²) in [6.45, 7) is 0. The minimum atomic E-state index is -4.53. The zero-order valence-electron chi connectivity index (χ0n) is 13.8. The van der Waals surface area contributed by atoms with E-state index in [4.69, 9.17) is 17.3 Å². The topological polar surface area (TPSA) is 92.4 Å². The van der Waals surface area contributed by atoms with Crippen LogP contribution in [0.4, 0.5) is 13.2 Å². The first-order valence-corrected chi connectivity index (χ1v) is 8.15. The van der Waals surface area contributed by atoms with E-state index in [1.165, 1.54) is 0 Å². The Kier molecular flexibility index (Phi) is 6.45. The third-order valence-electron chi connectivity index (χ3n) is 3.82. The first-order chi connectivity index (χ1) is 12.6. The highest BCUT2D eigenvalue weighted by molar-refractivity contribution is 6.30. The number of carbonyl (C=O) groups is 2. The van der Waals surface area contributed by atoms with Crippen molar-refractivity contribution in [1.82, 2.24) is 5.32 Å². The van der Waals surface area contributed by atoms with Crippen LogP contribution in [-0.4, -0.2) is 23.0 Å². The summed E-state index contributed by atoms with van der Waals surface area (Å²) in [5.41, 5.74) is 5.00. The van der Waals surface area contributed by atoms with Gasteiger partial charge in [-0.15, -0.1) is 0 Å². The summed E-state index contributed by atoms with van der Waals surface area (Å²) < 4.78 is 37.7. The van der Waals surface area contributed by atoms with Gasteiger partial charge in [0.15, 0.2) is 6.10 Å². The quantitative estimate of drug-likeness (QED) is 0.696. The molecule has 0 bridgehead atoms. The maximum atomic E-state index is 12.6. The molecule has 0 saturated heterocycles. The highest BCUT2D eigenvalue weighted by atomic mass is 35.5. The first kappa shape index (κ1) is 20.7. The lowest BCUT2D eigenvalue weighted by atomic mass is 10.0. The van der Waals surface area contributed by atoms with Gasteiger partial charge >= 0.3 is 6.18 Å². The van der Waals surface area contributed by atoms with Gasteiger partial charge in [-0.2, -0.15) is 13.2 Å². The highest BCUT2D eigenvalue weighted by Crippen LogP contribution is 2.30. The van der Waals surface area contributed by atoms with Gasteiger partial charge in [0.1, 0.15) is 6.04 Å². The van der Waals surface area contributed by atoms with E-state index in [0.717, 1.165) is 24.3 Å². The molecule has 0 aromatic heterocycles. The molecule has 5 nitrogen and oxygen atoms in total. The fraction of sp³-hybridized carbons (Fsp3) is 0.222. The van der Waals surface area contributed by atoms with E-state index in [2.05, 4.69) is 5.32 Å². The van der Waals surface area contributed by atoms with Crippen LogP contribution in [0.15, 0.2) is 48.5 Å². The molecule has 2 aromatic carbocycles. The van der Waals surface area contributed by atoms with Crippen molar-refractivity contribution >= 4 is 23.4 Å². The van der Waals surface area contributed by atoms with Gasteiger partial charge in [0, 0.05) is 11.4 Å². The van der Waals surface area contributed by atoms with Crippen molar-refractivity contribution in [3.05, 3.63) is 70.2 Å². The Labute approximate surface area is 157 Å². The van der Waals surface area contributed by atoms with Crippen LogP contribution in [-0.2, 0) is 22.2 Å². The molecule has 0 aliphatic heterocycles. The Hall–Kier alpha value is -2.58. The van der Waals surface area contributed by atoms with Crippen molar-refractivity contribution in [3.8, 4) is 0 Å². The van der Waals surface area contributed by atoms with Gasteiger partial charge in [-0.05, 0) is 35.4 Å². The number of alkyl halides is 3. The lowest BCUT2D eigenvalue weighted by molar-refractivity contribution is -0.137. The summed E-state index contributed by atoms with van der Waals surface area (Å²) in [7, 11) is 0. The van der Waals surface area contributed by atoms with Gasteiger partial charge in [-0.3, -0.25) is 9.59 Å². The summed E-state index contributed by atoms with van der Waals surface area (Å²) >= 11 is 5.78. The third kappa shape index (κ3) is 5.70. The summed E-state index contributed by atoms with van der Waals surface area (Å²) in [6.07, 6.45) is -6.21. The van der Waals surface area contributed by atoms with Crippen LogP contribution in [0.5, 0.6) is 0 Å². The molecule has 2 atom stereocenters. The molecule has 2 rings (SSSR count). The molecule has 144 valence electrons. The zero-order chi connectivity index (χ0) is 20.2. The predicted molar refractivity (Wildman–Crippen MR) is 92.7 cm³/mol. The smallest absolute Gasteiger partial charge is 0.378 e. The average Bonchev–Trinajstić information content (AvgIpc) is 2.61. The second-order valence-electron chi connectivity index (χ2n) is 5.82. The van der Waals surface area contributed by atoms with Crippen molar-refractivity contribution in [1.29, 1.82) is 0 Å². The lowest BCUT2D eigenvalue weighted by Gasteiger charge is -2.19. The van der Waals surface area contributed by atoms with Crippen molar-refractivity contribution in [2.24, 2.45) is 5.73 Å². The number of hydrogen-bond donors (Lipinski definition) is 3. The molecule has 0 radical (unpaired) electrons. The Morgan fingerprint density at radius 1 is 1.07 bits per heavy atom. The Morgan fingerprint density at radius 2 is 1.63 bits per heavy atom. The Bertz CT molecular complexity index is 808. The van der Waals surface area contributed by atoms with E-state index in [1.807, 2.05) is 0 Å². The van der Waals surface area contributed by atoms with Crippen LogP contribution < -0.4 is 11.1 Å². The van der Waals surface area contributed by atoms with Crippen LogP contribution in [0, 0.1) is 0 Å². The van der Waals surface area contributed by atoms with E-state index in [-0.39, 0.29) is 12.0 Å². The molecule has 9 heteroatoms. The second kappa shape index (κ2) is 8.41. The van der Waals surface area contributed by atoms with Crippen molar-refractivity contribution < 1.29 is 27.9 Å². The van der Waals surface area contributed by atoms with Crippen molar-refractivity contribution in [2.45, 2.75) is 24.7 Å². The average molecular weight is 401 g/mol. The van der Waals surface area contributed by atoms with Crippen LogP contribution in [0.25, 0.3) is 0 Å². The van der Waals surface area contributed by atoms with E-state index >= 15 is 0 Å². The molecule has 0 aliphatic carbocycles. The number of aliphatic hydroxyl groups is 1. The molecule has 0 aliphatic rings. The lowest BCUT2D eigenvalue weighted by Crippen LogP contribution is -2.47. The summed E-state index contributed by atoms with van der Waals surface area (Å²) in [5, 5.41) is 12.9. The molecule has 2 amide bonds. The van der Waals surface area contributed by atoms with Crippen LogP contribution in [0.1, 0.15) is 22.8 Å². The Morgan fingerprint density at radius 3 is 2.11 bits per heavy atom. The summed E-state index contributed by atoms with van der Waals surface area (Å²) in [5.74, 6) is -1.77. The van der Waals surface area contributed by atoms with E-state index in [1.54, 1.807) is 24.3 Å². The number of carbonyl (C=O) groups excluding carboxylic acids is 2. The summed E-state index contributed by atoms with van der Waals surface area (Å²) in [6, 6.07) is 8.89. The first-order valence-electron chi connectivity index (χ1n) is 7.77. The fourth-order valence-corrected chi connectivity index (χ4v) is 2.46.